The molecule has 0 unspecified atom stereocenters. The minimum atomic E-state index is -0.443. The molecule has 10 heteroatoms. The number of halogens is 1. The van der Waals surface area contributed by atoms with E-state index in [0.29, 0.717) is 49.9 Å². The van der Waals surface area contributed by atoms with E-state index in [0.717, 1.165) is 0 Å². The minimum Gasteiger partial charge on any atom is -0.382 e. The van der Waals surface area contributed by atoms with Gasteiger partial charge in [0.15, 0.2) is 16.8 Å². The van der Waals surface area contributed by atoms with Crippen molar-refractivity contribution in [2.75, 3.05) is 5.73 Å². The number of hydrogen-bond donors (Lipinski definition) is 1. The van der Waals surface area contributed by atoms with Gasteiger partial charge in [-0.1, -0.05) is 35.9 Å². The highest BCUT2D eigenvalue weighted by atomic mass is 35.5. The third kappa shape index (κ3) is 3.21. The lowest BCUT2D eigenvalue weighted by Crippen LogP contribution is -2.29. The fraction of sp³-hybridized carbons (Fsp3) is 0.100. The second kappa shape index (κ2) is 7.51. The topological polar surface area (TPSA) is 111 Å². The molecular weight excluding hydrogens is 422 g/mol. The van der Waals surface area contributed by atoms with Crippen LogP contribution in [0.1, 0.15) is 5.82 Å². The maximum Gasteiger partial charge on any atom is 0.266 e. The molecule has 30 heavy (non-hydrogen) atoms. The number of anilines is 1. The summed E-state index contributed by atoms with van der Waals surface area (Å²) in [4.78, 5) is 35.0. The predicted molar refractivity (Wildman–Crippen MR) is 116 cm³/mol. The molecule has 4 aromatic rings. The van der Waals surface area contributed by atoms with Crippen molar-refractivity contribution < 1.29 is 0 Å². The lowest BCUT2D eigenvalue weighted by molar-refractivity contribution is 0.878. The first-order chi connectivity index (χ1) is 14.6. The number of nitrogens with two attached hydrogens (primary N) is 1. The van der Waals surface area contributed by atoms with Gasteiger partial charge in [-0.25, -0.2) is 24.9 Å². The maximum atomic E-state index is 13.3. The molecule has 2 N–H and O–H groups in total. The molecule has 2 aromatic heterocycles. The number of rotatable bonds is 4. The summed E-state index contributed by atoms with van der Waals surface area (Å²) in [7, 11) is 0. The number of aromatic nitrogens is 4. The fourth-order valence-electron chi connectivity index (χ4n) is 3.23. The number of nitrogen functional groups attached to an aromatic ring is 1. The molecule has 0 saturated carbocycles. The molecule has 1 aliphatic rings. The number of benzene rings is 2. The van der Waals surface area contributed by atoms with Crippen molar-refractivity contribution in [3.63, 3.8) is 0 Å². The Labute approximate surface area is 179 Å². The van der Waals surface area contributed by atoms with E-state index in [1.54, 1.807) is 22.8 Å². The summed E-state index contributed by atoms with van der Waals surface area (Å²) in [5, 5.41) is 1.48. The van der Waals surface area contributed by atoms with E-state index in [-0.39, 0.29) is 5.56 Å². The van der Waals surface area contributed by atoms with Crippen molar-refractivity contribution in [1.82, 2.24) is 19.5 Å². The largest absolute Gasteiger partial charge is 0.382 e. The standard InChI is InChI=1S/C20H14ClN7OS/c21-12-6-2-4-8-14(12)28-15(25-13-7-3-1-5-11(13)19(28)29)9-30-20-26-16-17(22)23-10-24-18(16)27-20/h1-8,10,20H,9H2,(H2,22,23,24,27)/t20-/m1/s1. The first kappa shape index (κ1) is 18.7. The molecule has 3 heterocycles. The molecule has 2 aromatic carbocycles. The Morgan fingerprint density at radius 3 is 2.70 bits per heavy atom. The number of hydrogen-bond acceptors (Lipinski definition) is 8. The molecule has 1 atom stereocenters. The highest BCUT2D eigenvalue weighted by Crippen LogP contribution is 2.25. The highest BCUT2D eigenvalue weighted by molar-refractivity contribution is 7.99. The van der Waals surface area contributed by atoms with Crippen LogP contribution in [-0.2, 0) is 5.75 Å². The second-order valence-electron chi connectivity index (χ2n) is 6.46. The quantitative estimate of drug-likeness (QED) is 0.524. The van der Waals surface area contributed by atoms with Gasteiger partial charge in [0.1, 0.15) is 17.5 Å². The van der Waals surface area contributed by atoms with Crippen LogP contribution in [0.2, 0.25) is 5.02 Å². The highest BCUT2D eigenvalue weighted by Gasteiger charge is 2.18. The molecule has 0 fully saturated rings. The number of fused-ring (bicyclic) bond motifs is 2. The molecule has 0 amide bonds. The van der Waals surface area contributed by atoms with Gasteiger partial charge < -0.3 is 5.73 Å². The van der Waals surface area contributed by atoms with Gasteiger partial charge in [0.25, 0.3) is 5.56 Å². The van der Waals surface area contributed by atoms with Crippen LogP contribution in [0.3, 0.4) is 0 Å². The predicted octanol–water partition coefficient (Wildman–Crippen LogP) is 1.88. The molecule has 0 spiro atoms. The Morgan fingerprint density at radius 2 is 1.87 bits per heavy atom. The van der Waals surface area contributed by atoms with Gasteiger partial charge in [-0.2, -0.15) is 0 Å². The number of thioether (sulfide) groups is 1. The van der Waals surface area contributed by atoms with E-state index in [1.807, 2.05) is 30.3 Å². The molecule has 0 saturated heterocycles. The van der Waals surface area contributed by atoms with Crippen LogP contribution in [-0.4, -0.2) is 25.0 Å². The third-order valence-electron chi connectivity index (χ3n) is 4.60. The van der Waals surface area contributed by atoms with Crippen molar-refractivity contribution in [3.05, 3.63) is 86.9 Å². The normalized spacial score (nSPS) is 14.9. The molecule has 0 radical (unpaired) electrons. The van der Waals surface area contributed by atoms with Gasteiger partial charge in [-0.3, -0.25) is 9.36 Å². The fourth-order valence-corrected chi connectivity index (χ4v) is 4.29. The summed E-state index contributed by atoms with van der Waals surface area (Å²) in [6.07, 6.45) is 1.36. The molecule has 5 rings (SSSR count). The van der Waals surface area contributed by atoms with Crippen molar-refractivity contribution in [1.29, 1.82) is 0 Å². The van der Waals surface area contributed by atoms with Crippen LogP contribution >= 0.6 is 23.4 Å². The van der Waals surface area contributed by atoms with E-state index >= 15 is 0 Å². The monoisotopic (exact) mass is 435 g/mol. The Bertz CT molecular complexity index is 1470. The van der Waals surface area contributed by atoms with Gasteiger partial charge in [-0.15, -0.1) is 11.8 Å². The van der Waals surface area contributed by atoms with E-state index in [9.17, 15) is 4.79 Å². The zero-order valence-electron chi connectivity index (χ0n) is 15.4. The zero-order chi connectivity index (χ0) is 20.7. The van der Waals surface area contributed by atoms with E-state index in [2.05, 4.69) is 20.0 Å². The van der Waals surface area contributed by atoms with Crippen LogP contribution in [0.15, 0.2) is 69.6 Å². The van der Waals surface area contributed by atoms with Gasteiger partial charge in [-0.05, 0) is 24.3 Å². The van der Waals surface area contributed by atoms with Crippen LogP contribution < -0.4 is 22.1 Å². The Hall–Kier alpha value is -3.30. The van der Waals surface area contributed by atoms with Crippen LogP contribution in [0, 0.1) is 0 Å². The zero-order valence-corrected chi connectivity index (χ0v) is 17.0. The maximum absolute atomic E-state index is 13.3. The SMILES string of the molecule is Nc1ncnc2c1=N[C@@H](SCc1nc3ccccc3c(=O)n1-c1ccccc1Cl)N=2. The average molecular weight is 436 g/mol. The molecule has 8 nitrogen and oxygen atoms in total. The van der Waals surface area contributed by atoms with Gasteiger partial charge in [0.05, 0.1) is 27.4 Å². The van der Waals surface area contributed by atoms with Crippen LogP contribution in [0.25, 0.3) is 16.6 Å². The van der Waals surface area contributed by atoms with Gasteiger partial charge in [0, 0.05) is 0 Å². The van der Waals surface area contributed by atoms with Crippen LogP contribution in [0.4, 0.5) is 5.82 Å². The molecular formula is C20H14ClN7OS. The van der Waals surface area contributed by atoms with Crippen molar-refractivity contribution in [2.24, 2.45) is 9.98 Å². The van der Waals surface area contributed by atoms with Gasteiger partial charge >= 0.3 is 0 Å². The third-order valence-corrected chi connectivity index (χ3v) is 5.86. The van der Waals surface area contributed by atoms with Crippen molar-refractivity contribution in [3.8, 4) is 5.69 Å². The first-order valence-corrected chi connectivity index (χ1v) is 10.4. The molecule has 0 bridgehead atoms. The van der Waals surface area contributed by atoms with Crippen molar-refractivity contribution in [2.45, 2.75) is 11.3 Å². The number of para-hydroxylation sites is 2. The average Bonchev–Trinajstić information content (AvgIpc) is 3.18. The van der Waals surface area contributed by atoms with Crippen molar-refractivity contribution >= 4 is 40.1 Å². The minimum absolute atomic E-state index is 0.178. The molecule has 0 aliphatic carbocycles. The summed E-state index contributed by atoms with van der Waals surface area (Å²) < 4.78 is 1.55. The summed E-state index contributed by atoms with van der Waals surface area (Å²) in [6.45, 7) is 0. The summed E-state index contributed by atoms with van der Waals surface area (Å²) >= 11 is 7.81. The Balaban J connectivity index is 1.59. The Kier molecular flexibility index (Phi) is 4.68. The van der Waals surface area contributed by atoms with E-state index in [4.69, 9.17) is 22.3 Å². The lowest BCUT2D eigenvalue weighted by atomic mass is 10.2. The summed E-state index contributed by atoms with van der Waals surface area (Å²) in [5.41, 5.74) is 6.91. The van der Waals surface area contributed by atoms with Gasteiger partial charge in [0.2, 0.25) is 0 Å². The smallest absolute Gasteiger partial charge is 0.266 e. The summed E-state index contributed by atoms with van der Waals surface area (Å²) in [6, 6.07) is 14.4. The number of nitrogens with zero attached hydrogens (tertiary/aromatic N) is 6. The Morgan fingerprint density at radius 1 is 1.07 bits per heavy atom. The van der Waals surface area contributed by atoms with E-state index < -0.39 is 5.50 Å². The second-order valence-corrected chi connectivity index (χ2v) is 7.91. The molecule has 1 aliphatic heterocycles. The summed E-state index contributed by atoms with van der Waals surface area (Å²) in [5.74, 6) is 1.23. The van der Waals surface area contributed by atoms with E-state index in [1.165, 1.54) is 18.1 Å². The first-order valence-electron chi connectivity index (χ1n) is 9.01. The lowest BCUT2D eigenvalue weighted by Gasteiger charge is -2.15. The molecule has 148 valence electrons. The van der Waals surface area contributed by atoms with Crippen LogP contribution in [0.5, 0.6) is 0 Å².